The normalized spacial score (nSPS) is 18.7. The van der Waals surface area contributed by atoms with Gasteiger partial charge in [-0.15, -0.1) is 0 Å². The van der Waals surface area contributed by atoms with Crippen molar-refractivity contribution in [3.63, 3.8) is 0 Å². The smallest absolute Gasteiger partial charge is 0.252 e. The first-order valence-corrected chi connectivity index (χ1v) is 7.22. The molecule has 7 heteroatoms. The Bertz CT molecular complexity index is 437. The molecule has 0 radical (unpaired) electrons. The van der Waals surface area contributed by atoms with Crippen molar-refractivity contribution in [2.45, 2.75) is 6.42 Å². The van der Waals surface area contributed by atoms with Gasteiger partial charge in [-0.3, -0.25) is 4.79 Å². The zero-order chi connectivity index (χ0) is 13.0. The van der Waals surface area contributed by atoms with Crippen molar-refractivity contribution in [3.05, 3.63) is 22.8 Å². The maximum absolute atomic E-state index is 11.9. The first-order valence-electron chi connectivity index (χ1n) is 5.69. The molecule has 0 spiro atoms. The molecular weight excluding hydrogens is 272 g/mol. The molecule has 0 aromatic carbocycles. The fourth-order valence-corrected chi connectivity index (χ4v) is 3.26. The molecule has 1 atom stereocenters. The molecule has 1 aliphatic heterocycles. The molecule has 0 bridgehead atoms. The second-order valence-corrected chi connectivity index (χ2v) is 5.70. The Hall–Kier alpha value is -0.980. The number of halogens is 1. The number of hydrogen-bond donors (Lipinski definition) is 3. The molecule has 1 aliphatic rings. The number of anilines is 1. The minimum Gasteiger partial charge on any atom is -0.352 e. The summed E-state index contributed by atoms with van der Waals surface area (Å²) in [7, 11) is 0. The lowest BCUT2D eigenvalue weighted by Gasteiger charge is -2.10. The third kappa shape index (κ3) is 3.28. The summed E-state index contributed by atoms with van der Waals surface area (Å²) in [5, 5.41) is 3.24. The van der Waals surface area contributed by atoms with Crippen LogP contribution in [0.15, 0.2) is 12.3 Å². The van der Waals surface area contributed by atoms with Crippen molar-refractivity contribution >= 4 is 35.1 Å². The standard InChI is InChI=1S/C11H15ClN4OS/c12-9-3-8(5-14-10(9)16-13)11(17)15-4-7-1-2-18-6-7/h3,5,7H,1-2,4,6,13H2,(H,14,16)(H,15,17). The largest absolute Gasteiger partial charge is 0.352 e. The number of pyridine rings is 1. The highest BCUT2D eigenvalue weighted by molar-refractivity contribution is 7.99. The van der Waals surface area contributed by atoms with Gasteiger partial charge in [-0.1, -0.05) is 11.6 Å². The Balaban J connectivity index is 1.93. The van der Waals surface area contributed by atoms with Crippen LogP contribution in [0.5, 0.6) is 0 Å². The van der Waals surface area contributed by atoms with E-state index in [1.807, 2.05) is 11.8 Å². The van der Waals surface area contributed by atoms with Gasteiger partial charge < -0.3 is 10.7 Å². The molecule has 1 saturated heterocycles. The van der Waals surface area contributed by atoms with Crippen LogP contribution < -0.4 is 16.6 Å². The predicted molar refractivity (Wildman–Crippen MR) is 74.8 cm³/mol. The number of amides is 1. The van der Waals surface area contributed by atoms with Gasteiger partial charge in [0.15, 0.2) is 5.82 Å². The maximum Gasteiger partial charge on any atom is 0.252 e. The van der Waals surface area contributed by atoms with Crippen molar-refractivity contribution in [1.29, 1.82) is 0 Å². The molecule has 98 valence electrons. The van der Waals surface area contributed by atoms with Gasteiger partial charge in [-0.05, 0) is 29.9 Å². The fourth-order valence-electron chi connectivity index (χ4n) is 1.75. The number of nitrogens with zero attached hydrogens (tertiary/aromatic N) is 1. The highest BCUT2D eigenvalue weighted by atomic mass is 35.5. The Labute approximate surface area is 115 Å². The van der Waals surface area contributed by atoms with Crippen molar-refractivity contribution in [2.75, 3.05) is 23.5 Å². The van der Waals surface area contributed by atoms with Crippen LogP contribution in [-0.2, 0) is 0 Å². The topological polar surface area (TPSA) is 80.0 Å². The van der Waals surface area contributed by atoms with Crippen LogP contribution in [0, 0.1) is 5.92 Å². The first-order chi connectivity index (χ1) is 8.70. The van der Waals surface area contributed by atoms with Crippen LogP contribution in [0.2, 0.25) is 5.02 Å². The molecule has 0 saturated carbocycles. The van der Waals surface area contributed by atoms with Gasteiger partial charge in [0.05, 0.1) is 10.6 Å². The van der Waals surface area contributed by atoms with Gasteiger partial charge in [0.25, 0.3) is 5.91 Å². The molecule has 0 aliphatic carbocycles. The summed E-state index contributed by atoms with van der Waals surface area (Å²) in [6.07, 6.45) is 2.62. The Morgan fingerprint density at radius 1 is 1.67 bits per heavy atom. The number of nitrogens with two attached hydrogens (primary N) is 1. The monoisotopic (exact) mass is 286 g/mol. The van der Waals surface area contributed by atoms with E-state index in [-0.39, 0.29) is 5.91 Å². The minimum atomic E-state index is -0.148. The number of nitrogens with one attached hydrogen (secondary N) is 2. The number of rotatable bonds is 4. The van der Waals surface area contributed by atoms with E-state index in [9.17, 15) is 4.79 Å². The van der Waals surface area contributed by atoms with E-state index >= 15 is 0 Å². The molecule has 18 heavy (non-hydrogen) atoms. The van der Waals surface area contributed by atoms with Crippen LogP contribution >= 0.6 is 23.4 Å². The van der Waals surface area contributed by atoms with Crippen LogP contribution in [0.25, 0.3) is 0 Å². The molecular formula is C11H15ClN4OS. The van der Waals surface area contributed by atoms with Gasteiger partial charge in [-0.2, -0.15) is 11.8 Å². The first kappa shape index (κ1) is 13.5. The van der Waals surface area contributed by atoms with E-state index in [2.05, 4.69) is 15.7 Å². The number of carbonyl (C=O) groups is 1. The molecule has 1 unspecified atom stereocenters. The molecule has 1 aromatic heterocycles. The lowest BCUT2D eigenvalue weighted by Crippen LogP contribution is -2.29. The second-order valence-electron chi connectivity index (χ2n) is 4.14. The molecule has 1 amide bonds. The van der Waals surface area contributed by atoms with Crippen LogP contribution in [0.3, 0.4) is 0 Å². The van der Waals surface area contributed by atoms with Gasteiger partial charge in [-0.25, -0.2) is 10.8 Å². The molecule has 4 N–H and O–H groups in total. The summed E-state index contributed by atoms with van der Waals surface area (Å²) in [4.78, 5) is 15.8. The van der Waals surface area contributed by atoms with Gasteiger partial charge in [0, 0.05) is 12.7 Å². The number of carbonyl (C=O) groups excluding carboxylic acids is 1. The van der Waals surface area contributed by atoms with E-state index in [0.717, 1.165) is 5.75 Å². The third-order valence-corrected chi connectivity index (χ3v) is 4.33. The van der Waals surface area contributed by atoms with E-state index in [0.29, 0.717) is 28.9 Å². The van der Waals surface area contributed by atoms with E-state index in [1.54, 1.807) is 6.07 Å². The number of thioether (sulfide) groups is 1. The quantitative estimate of drug-likeness (QED) is 0.577. The zero-order valence-corrected chi connectivity index (χ0v) is 11.4. The highest BCUT2D eigenvalue weighted by Gasteiger charge is 2.17. The molecule has 1 aromatic rings. The van der Waals surface area contributed by atoms with Gasteiger partial charge >= 0.3 is 0 Å². The third-order valence-electron chi connectivity index (χ3n) is 2.82. The lowest BCUT2D eigenvalue weighted by atomic mass is 10.1. The average molecular weight is 287 g/mol. The Morgan fingerprint density at radius 2 is 2.50 bits per heavy atom. The minimum absolute atomic E-state index is 0.148. The molecule has 2 rings (SSSR count). The summed E-state index contributed by atoms with van der Waals surface area (Å²) in [6, 6.07) is 1.56. The summed E-state index contributed by atoms with van der Waals surface area (Å²) in [5.74, 6) is 8.31. The van der Waals surface area contributed by atoms with E-state index in [4.69, 9.17) is 17.4 Å². The number of hydrazine groups is 1. The van der Waals surface area contributed by atoms with Gasteiger partial charge in [0.2, 0.25) is 0 Å². The second kappa shape index (κ2) is 6.26. The lowest BCUT2D eigenvalue weighted by molar-refractivity contribution is 0.0948. The van der Waals surface area contributed by atoms with Crippen LogP contribution in [0.4, 0.5) is 5.82 Å². The molecule has 5 nitrogen and oxygen atoms in total. The Morgan fingerprint density at radius 3 is 3.11 bits per heavy atom. The number of nitrogen functional groups attached to an aromatic ring is 1. The Kier molecular flexibility index (Phi) is 4.68. The summed E-state index contributed by atoms with van der Waals surface area (Å²) in [5.41, 5.74) is 2.81. The van der Waals surface area contributed by atoms with Crippen molar-refractivity contribution < 1.29 is 4.79 Å². The van der Waals surface area contributed by atoms with Crippen molar-refractivity contribution in [3.8, 4) is 0 Å². The van der Waals surface area contributed by atoms with Crippen LogP contribution in [0.1, 0.15) is 16.8 Å². The fraction of sp³-hybridized carbons (Fsp3) is 0.455. The van der Waals surface area contributed by atoms with Crippen molar-refractivity contribution in [2.24, 2.45) is 11.8 Å². The zero-order valence-electron chi connectivity index (χ0n) is 9.78. The highest BCUT2D eigenvalue weighted by Crippen LogP contribution is 2.23. The summed E-state index contributed by atoms with van der Waals surface area (Å²) >= 11 is 7.84. The van der Waals surface area contributed by atoms with Crippen LogP contribution in [-0.4, -0.2) is 28.9 Å². The summed E-state index contributed by atoms with van der Waals surface area (Å²) in [6.45, 7) is 0.709. The maximum atomic E-state index is 11.9. The van der Waals surface area contributed by atoms with Gasteiger partial charge in [0.1, 0.15) is 0 Å². The predicted octanol–water partition coefficient (Wildman–Crippen LogP) is 1.50. The average Bonchev–Trinajstić information content (AvgIpc) is 2.89. The number of hydrogen-bond acceptors (Lipinski definition) is 5. The SMILES string of the molecule is NNc1ncc(C(=O)NCC2CCSC2)cc1Cl. The molecule has 1 fully saturated rings. The number of aromatic nitrogens is 1. The van der Waals surface area contributed by atoms with Crippen molar-refractivity contribution in [1.82, 2.24) is 10.3 Å². The van der Waals surface area contributed by atoms with E-state index < -0.39 is 0 Å². The molecule has 2 heterocycles. The van der Waals surface area contributed by atoms with E-state index in [1.165, 1.54) is 18.4 Å². The summed E-state index contributed by atoms with van der Waals surface area (Å²) < 4.78 is 0.